The van der Waals surface area contributed by atoms with Gasteiger partial charge in [0.1, 0.15) is 0 Å². The van der Waals surface area contributed by atoms with Crippen molar-refractivity contribution in [3.05, 3.63) is 35.4 Å². The van der Waals surface area contributed by atoms with Gasteiger partial charge in [-0.25, -0.2) is 0 Å². The molecule has 0 saturated heterocycles. The van der Waals surface area contributed by atoms with E-state index in [2.05, 4.69) is 19.8 Å². The van der Waals surface area contributed by atoms with Crippen molar-refractivity contribution in [2.75, 3.05) is 0 Å². The Balaban J connectivity index is 2.49. The number of rotatable bonds is 4. The van der Waals surface area contributed by atoms with Crippen LogP contribution in [0.5, 0.6) is 0 Å². The highest BCUT2D eigenvalue weighted by Crippen LogP contribution is 2.07. The van der Waals surface area contributed by atoms with Gasteiger partial charge in [-0.2, -0.15) is 0 Å². The fourth-order valence-corrected chi connectivity index (χ4v) is 1.05. The zero-order valence-electron chi connectivity index (χ0n) is 8.79. The lowest BCUT2D eigenvalue weighted by Crippen LogP contribution is -2.05. The first-order valence-electron chi connectivity index (χ1n) is 4.93. The van der Waals surface area contributed by atoms with Crippen LogP contribution in [0.2, 0.25) is 0 Å². The molecule has 1 aromatic rings. The minimum Gasteiger partial charge on any atom is -0.374 e. The molecule has 0 heterocycles. The van der Waals surface area contributed by atoms with E-state index >= 15 is 0 Å². The molecular formula is C13H16O. The Morgan fingerprint density at radius 3 is 2.50 bits per heavy atom. The van der Waals surface area contributed by atoms with Crippen molar-refractivity contribution in [2.45, 2.75) is 33.0 Å². The molecule has 1 atom stereocenters. The van der Waals surface area contributed by atoms with Crippen molar-refractivity contribution in [1.82, 2.24) is 0 Å². The fraction of sp³-hybridized carbons (Fsp3) is 0.385. The van der Waals surface area contributed by atoms with Gasteiger partial charge in [0.05, 0.1) is 12.7 Å². The van der Waals surface area contributed by atoms with Gasteiger partial charge in [0.25, 0.3) is 0 Å². The molecule has 0 bridgehead atoms. The maximum absolute atomic E-state index is 5.60. The third-order valence-electron chi connectivity index (χ3n) is 2.23. The molecular weight excluding hydrogens is 172 g/mol. The molecule has 0 aliphatic rings. The van der Waals surface area contributed by atoms with E-state index in [1.54, 1.807) is 0 Å². The maximum Gasteiger partial charge on any atom is 0.0720 e. The molecule has 0 spiro atoms. The van der Waals surface area contributed by atoms with E-state index in [1.807, 2.05) is 24.3 Å². The first-order chi connectivity index (χ1) is 6.76. The number of benzene rings is 1. The first-order valence-corrected chi connectivity index (χ1v) is 4.93. The zero-order valence-corrected chi connectivity index (χ0v) is 8.79. The summed E-state index contributed by atoms with van der Waals surface area (Å²) in [5.41, 5.74) is 2.08. The van der Waals surface area contributed by atoms with Gasteiger partial charge in [0.15, 0.2) is 0 Å². The topological polar surface area (TPSA) is 9.23 Å². The van der Waals surface area contributed by atoms with Crippen molar-refractivity contribution in [3.63, 3.8) is 0 Å². The zero-order chi connectivity index (χ0) is 10.4. The third kappa shape index (κ3) is 3.24. The molecule has 1 heteroatoms. The second kappa shape index (κ2) is 5.47. The van der Waals surface area contributed by atoms with Crippen LogP contribution in [0.25, 0.3) is 0 Å². The summed E-state index contributed by atoms with van der Waals surface area (Å²) in [5.74, 6) is 2.59. The van der Waals surface area contributed by atoms with E-state index in [0.29, 0.717) is 12.7 Å². The van der Waals surface area contributed by atoms with Gasteiger partial charge in [0.2, 0.25) is 0 Å². The van der Waals surface area contributed by atoms with Crippen LogP contribution < -0.4 is 0 Å². The average molecular weight is 188 g/mol. The normalized spacial score (nSPS) is 12.1. The Labute approximate surface area is 86.1 Å². The van der Waals surface area contributed by atoms with Crippen LogP contribution in [0, 0.1) is 12.3 Å². The molecule has 1 nitrogen and oxygen atoms in total. The lowest BCUT2D eigenvalue weighted by molar-refractivity contribution is 0.0508. The molecule has 1 aromatic carbocycles. The fourth-order valence-electron chi connectivity index (χ4n) is 1.05. The number of ether oxygens (including phenoxy) is 1. The van der Waals surface area contributed by atoms with Gasteiger partial charge in [-0.1, -0.05) is 25.0 Å². The molecule has 0 fully saturated rings. The summed E-state index contributed by atoms with van der Waals surface area (Å²) >= 11 is 0. The SMILES string of the molecule is C#Cc1ccc(CO[C@@H](C)CC)cc1. The average Bonchev–Trinajstić information content (AvgIpc) is 2.26. The number of hydrogen-bond acceptors (Lipinski definition) is 1. The van der Waals surface area contributed by atoms with E-state index in [-0.39, 0.29) is 0 Å². The van der Waals surface area contributed by atoms with Gasteiger partial charge < -0.3 is 4.74 Å². The summed E-state index contributed by atoms with van der Waals surface area (Å²) in [4.78, 5) is 0. The van der Waals surface area contributed by atoms with E-state index in [9.17, 15) is 0 Å². The first kappa shape index (κ1) is 10.8. The molecule has 0 aliphatic heterocycles. The smallest absolute Gasteiger partial charge is 0.0720 e. The third-order valence-corrected chi connectivity index (χ3v) is 2.23. The number of terminal acetylenes is 1. The van der Waals surface area contributed by atoms with Crippen LogP contribution in [0.3, 0.4) is 0 Å². The summed E-state index contributed by atoms with van der Waals surface area (Å²) in [6.45, 7) is 4.86. The van der Waals surface area contributed by atoms with Gasteiger partial charge >= 0.3 is 0 Å². The Hall–Kier alpha value is -1.26. The van der Waals surface area contributed by atoms with Crippen molar-refractivity contribution >= 4 is 0 Å². The van der Waals surface area contributed by atoms with Crippen molar-refractivity contribution in [2.24, 2.45) is 0 Å². The van der Waals surface area contributed by atoms with Crippen LogP contribution in [0.4, 0.5) is 0 Å². The number of hydrogen-bond donors (Lipinski definition) is 0. The quantitative estimate of drug-likeness (QED) is 0.660. The molecule has 0 aliphatic carbocycles. The van der Waals surface area contributed by atoms with Crippen molar-refractivity contribution in [3.8, 4) is 12.3 Å². The summed E-state index contributed by atoms with van der Waals surface area (Å²) < 4.78 is 5.60. The summed E-state index contributed by atoms with van der Waals surface area (Å²) in [6, 6.07) is 7.90. The minimum absolute atomic E-state index is 0.322. The van der Waals surface area contributed by atoms with Gasteiger partial charge in [-0.15, -0.1) is 6.42 Å². The molecule has 0 amide bonds. The summed E-state index contributed by atoms with van der Waals surface area (Å²) in [5, 5.41) is 0. The van der Waals surface area contributed by atoms with Crippen LogP contribution >= 0.6 is 0 Å². The lowest BCUT2D eigenvalue weighted by Gasteiger charge is -2.10. The highest BCUT2D eigenvalue weighted by atomic mass is 16.5. The molecule has 0 saturated carbocycles. The summed E-state index contributed by atoms with van der Waals surface area (Å²) in [7, 11) is 0. The second-order valence-electron chi connectivity index (χ2n) is 3.37. The van der Waals surface area contributed by atoms with Gasteiger partial charge in [-0.3, -0.25) is 0 Å². The van der Waals surface area contributed by atoms with E-state index in [0.717, 1.165) is 12.0 Å². The second-order valence-corrected chi connectivity index (χ2v) is 3.37. The Morgan fingerprint density at radius 1 is 1.36 bits per heavy atom. The van der Waals surface area contributed by atoms with Crippen LogP contribution in [-0.4, -0.2) is 6.10 Å². The Morgan fingerprint density at radius 2 is 2.00 bits per heavy atom. The van der Waals surface area contributed by atoms with E-state index < -0.39 is 0 Å². The highest BCUT2D eigenvalue weighted by Gasteiger charge is 1.98. The standard InChI is InChI=1S/C13H16O/c1-4-11(3)14-10-13-8-6-12(5-2)7-9-13/h2,6-9,11H,4,10H2,1,3H3/t11-/m0/s1. The van der Waals surface area contributed by atoms with Gasteiger partial charge in [0, 0.05) is 5.56 Å². The van der Waals surface area contributed by atoms with E-state index in [4.69, 9.17) is 11.2 Å². The summed E-state index contributed by atoms with van der Waals surface area (Å²) in [6.07, 6.45) is 6.63. The molecule has 14 heavy (non-hydrogen) atoms. The van der Waals surface area contributed by atoms with Crippen LogP contribution in [0.1, 0.15) is 31.4 Å². The van der Waals surface area contributed by atoms with Crippen LogP contribution in [0.15, 0.2) is 24.3 Å². The predicted octanol–water partition coefficient (Wildman–Crippen LogP) is 2.98. The van der Waals surface area contributed by atoms with E-state index in [1.165, 1.54) is 5.56 Å². The molecule has 0 radical (unpaired) electrons. The lowest BCUT2D eigenvalue weighted by atomic mass is 10.1. The van der Waals surface area contributed by atoms with Gasteiger partial charge in [-0.05, 0) is 31.0 Å². The van der Waals surface area contributed by atoms with Crippen molar-refractivity contribution < 1.29 is 4.74 Å². The molecule has 0 N–H and O–H groups in total. The molecule has 0 aromatic heterocycles. The largest absolute Gasteiger partial charge is 0.374 e. The molecule has 0 unspecified atom stereocenters. The van der Waals surface area contributed by atoms with Crippen LogP contribution in [-0.2, 0) is 11.3 Å². The predicted molar refractivity (Wildman–Crippen MR) is 58.9 cm³/mol. The monoisotopic (exact) mass is 188 g/mol. The molecule has 1 rings (SSSR count). The highest BCUT2D eigenvalue weighted by molar-refractivity contribution is 5.33. The maximum atomic E-state index is 5.60. The van der Waals surface area contributed by atoms with Crippen molar-refractivity contribution in [1.29, 1.82) is 0 Å². The minimum atomic E-state index is 0.322. The Kier molecular flexibility index (Phi) is 4.22. The molecule has 74 valence electrons. The Bertz CT molecular complexity index is 305.